The standard InChI is InChI=1S/C14H25N3O2/c1-12(2)17(8-5-9-18)10-13(19)16-14(11-15)6-3-4-7-14/h12,18H,3-10H2,1-2H3,(H,16,19). The van der Waals surface area contributed by atoms with Crippen LogP contribution in [0.1, 0.15) is 46.0 Å². The molecule has 0 radical (unpaired) electrons. The number of hydrogen-bond donors (Lipinski definition) is 2. The van der Waals surface area contributed by atoms with Gasteiger partial charge < -0.3 is 10.4 Å². The molecule has 0 unspecified atom stereocenters. The van der Waals surface area contributed by atoms with E-state index >= 15 is 0 Å². The van der Waals surface area contributed by atoms with Gasteiger partial charge in [-0.2, -0.15) is 5.26 Å². The van der Waals surface area contributed by atoms with E-state index in [4.69, 9.17) is 5.11 Å². The normalized spacial score (nSPS) is 17.7. The van der Waals surface area contributed by atoms with Gasteiger partial charge in [0, 0.05) is 19.2 Å². The van der Waals surface area contributed by atoms with Crippen LogP contribution in [0.2, 0.25) is 0 Å². The van der Waals surface area contributed by atoms with Crippen molar-refractivity contribution in [3.8, 4) is 6.07 Å². The van der Waals surface area contributed by atoms with Gasteiger partial charge in [-0.1, -0.05) is 0 Å². The Morgan fingerprint density at radius 1 is 1.47 bits per heavy atom. The van der Waals surface area contributed by atoms with Crippen LogP contribution in [0.5, 0.6) is 0 Å². The van der Waals surface area contributed by atoms with Gasteiger partial charge in [-0.15, -0.1) is 0 Å². The monoisotopic (exact) mass is 267 g/mol. The minimum Gasteiger partial charge on any atom is -0.396 e. The molecule has 0 aliphatic heterocycles. The Morgan fingerprint density at radius 3 is 2.58 bits per heavy atom. The van der Waals surface area contributed by atoms with Crippen LogP contribution < -0.4 is 5.32 Å². The fourth-order valence-corrected chi connectivity index (χ4v) is 2.53. The summed E-state index contributed by atoms with van der Waals surface area (Å²) in [6, 6.07) is 2.51. The van der Waals surface area contributed by atoms with E-state index < -0.39 is 5.54 Å². The first kappa shape index (κ1) is 15.9. The van der Waals surface area contributed by atoms with E-state index in [1.165, 1.54) is 0 Å². The lowest BCUT2D eigenvalue weighted by atomic mass is 10.00. The van der Waals surface area contributed by atoms with Gasteiger partial charge in [0.25, 0.3) is 0 Å². The lowest BCUT2D eigenvalue weighted by molar-refractivity contribution is -0.124. The number of hydrogen-bond acceptors (Lipinski definition) is 4. The Morgan fingerprint density at radius 2 is 2.11 bits per heavy atom. The van der Waals surface area contributed by atoms with Crippen molar-refractivity contribution in [3.05, 3.63) is 0 Å². The van der Waals surface area contributed by atoms with Crippen LogP contribution in [-0.2, 0) is 4.79 Å². The molecule has 1 saturated carbocycles. The van der Waals surface area contributed by atoms with Gasteiger partial charge in [-0.3, -0.25) is 9.69 Å². The van der Waals surface area contributed by atoms with E-state index in [1.807, 2.05) is 18.7 Å². The Labute approximate surface area is 115 Å². The zero-order valence-corrected chi connectivity index (χ0v) is 12.0. The number of aliphatic hydroxyl groups excluding tert-OH is 1. The maximum atomic E-state index is 12.1. The molecule has 0 spiro atoms. The Balaban J connectivity index is 2.50. The van der Waals surface area contributed by atoms with Crippen molar-refractivity contribution < 1.29 is 9.90 Å². The Hall–Kier alpha value is -1.12. The summed E-state index contributed by atoms with van der Waals surface area (Å²) in [6.07, 6.45) is 4.19. The summed E-state index contributed by atoms with van der Waals surface area (Å²) >= 11 is 0. The molecule has 0 aromatic rings. The lowest BCUT2D eigenvalue weighted by Crippen LogP contribution is -2.50. The van der Waals surface area contributed by atoms with Crippen LogP contribution in [0.4, 0.5) is 0 Å². The first-order chi connectivity index (χ1) is 9.03. The SMILES string of the molecule is CC(C)N(CCCO)CC(=O)NC1(C#N)CCCC1. The molecule has 5 nitrogen and oxygen atoms in total. The molecule has 1 aliphatic carbocycles. The van der Waals surface area contributed by atoms with Crippen LogP contribution >= 0.6 is 0 Å². The minimum atomic E-state index is -0.642. The highest BCUT2D eigenvalue weighted by Gasteiger charge is 2.35. The largest absolute Gasteiger partial charge is 0.396 e. The minimum absolute atomic E-state index is 0.0879. The van der Waals surface area contributed by atoms with Gasteiger partial charge in [0.1, 0.15) is 5.54 Å². The van der Waals surface area contributed by atoms with Crippen molar-refractivity contribution in [2.24, 2.45) is 0 Å². The smallest absolute Gasteiger partial charge is 0.235 e. The highest BCUT2D eigenvalue weighted by atomic mass is 16.3. The van der Waals surface area contributed by atoms with Crippen molar-refractivity contribution in [3.63, 3.8) is 0 Å². The fraction of sp³-hybridized carbons (Fsp3) is 0.857. The highest BCUT2D eigenvalue weighted by molar-refractivity contribution is 5.79. The van der Waals surface area contributed by atoms with Gasteiger partial charge in [-0.05, 0) is 46.0 Å². The first-order valence-corrected chi connectivity index (χ1v) is 7.10. The number of carbonyl (C=O) groups is 1. The summed E-state index contributed by atoms with van der Waals surface area (Å²) in [5.41, 5.74) is -0.642. The van der Waals surface area contributed by atoms with Crippen molar-refractivity contribution in [2.45, 2.75) is 57.5 Å². The molecule has 2 N–H and O–H groups in total. The number of amides is 1. The van der Waals surface area contributed by atoms with Crippen molar-refractivity contribution >= 4 is 5.91 Å². The van der Waals surface area contributed by atoms with E-state index in [9.17, 15) is 10.1 Å². The molecule has 108 valence electrons. The average Bonchev–Trinajstić information content (AvgIpc) is 2.83. The van der Waals surface area contributed by atoms with Gasteiger partial charge >= 0.3 is 0 Å². The molecule has 1 fully saturated rings. The van der Waals surface area contributed by atoms with Crippen LogP contribution in [-0.4, -0.2) is 47.2 Å². The molecule has 0 saturated heterocycles. The average molecular weight is 267 g/mol. The van der Waals surface area contributed by atoms with E-state index in [2.05, 4.69) is 11.4 Å². The zero-order chi connectivity index (χ0) is 14.3. The number of carbonyl (C=O) groups excluding carboxylic acids is 1. The number of nitrogens with one attached hydrogen (secondary N) is 1. The summed E-state index contributed by atoms with van der Waals surface area (Å²) in [6.45, 7) is 5.18. The van der Waals surface area contributed by atoms with Crippen LogP contribution in [0, 0.1) is 11.3 Å². The lowest BCUT2D eigenvalue weighted by Gasteiger charge is -2.28. The van der Waals surface area contributed by atoms with Gasteiger partial charge in [0.15, 0.2) is 0 Å². The van der Waals surface area contributed by atoms with E-state index in [0.717, 1.165) is 25.7 Å². The molecular weight excluding hydrogens is 242 g/mol. The maximum Gasteiger partial charge on any atom is 0.235 e. The second kappa shape index (κ2) is 7.46. The third-order valence-electron chi connectivity index (χ3n) is 3.73. The third-order valence-corrected chi connectivity index (χ3v) is 3.73. The maximum absolute atomic E-state index is 12.1. The number of aliphatic hydroxyl groups is 1. The first-order valence-electron chi connectivity index (χ1n) is 7.10. The van der Waals surface area contributed by atoms with E-state index in [0.29, 0.717) is 19.5 Å². The molecule has 1 rings (SSSR count). The quantitative estimate of drug-likeness (QED) is 0.722. The van der Waals surface area contributed by atoms with E-state index in [1.54, 1.807) is 0 Å². The van der Waals surface area contributed by atoms with Crippen LogP contribution in [0.3, 0.4) is 0 Å². The number of rotatable bonds is 7. The fourth-order valence-electron chi connectivity index (χ4n) is 2.53. The topological polar surface area (TPSA) is 76.4 Å². The molecule has 1 amide bonds. The molecule has 0 aromatic carbocycles. The van der Waals surface area contributed by atoms with Crippen LogP contribution in [0.25, 0.3) is 0 Å². The predicted molar refractivity (Wildman–Crippen MR) is 73.4 cm³/mol. The summed E-state index contributed by atoms with van der Waals surface area (Å²) in [5, 5.41) is 21.0. The Kier molecular flexibility index (Phi) is 6.26. The van der Waals surface area contributed by atoms with Crippen molar-refractivity contribution in [1.29, 1.82) is 5.26 Å². The summed E-state index contributed by atoms with van der Waals surface area (Å²) in [7, 11) is 0. The Bertz CT molecular complexity index is 330. The summed E-state index contributed by atoms with van der Waals surface area (Å²) < 4.78 is 0. The molecule has 0 heterocycles. The van der Waals surface area contributed by atoms with Gasteiger partial charge in [0.05, 0.1) is 12.6 Å². The second-order valence-electron chi connectivity index (χ2n) is 5.59. The number of nitriles is 1. The summed E-state index contributed by atoms with van der Waals surface area (Å²) in [5.74, 6) is -0.0879. The summed E-state index contributed by atoms with van der Waals surface area (Å²) in [4.78, 5) is 14.1. The third kappa shape index (κ3) is 4.81. The molecule has 1 aliphatic rings. The van der Waals surface area contributed by atoms with Crippen LogP contribution in [0.15, 0.2) is 0 Å². The molecular formula is C14H25N3O2. The molecule has 0 bridgehead atoms. The second-order valence-corrected chi connectivity index (χ2v) is 5.59. The number of nitrogens with zero attached hydrogens (tertiary/aromatic N) is 2. The van der Waals surface area contributed by atoms with Crippen molar-refractivity contribution in [2.75, 3.05) is 19.7 Å². The zero-order valence-electron chi connectivity index (χ0n) is 12.0. The predicted octanol–water partition coefficient (Wildman–Crippen LogP) is 1.03. The molecule has 0 atom stereocenters. The van der Waals surface area contributed by atoms with Gasteiger partial charge in [0.2, 0.25) is 5.91 Å². The van der Waals surface area contributed by atoms with Gasteiger partial charge in [-0.25, -0.2) is 0 Å². The molecule has 0 aromatic heterocycles. The highest BCUT2D eigenvalue weighted by Crippen LogP contribution is 2.28. The molecule has 19 heavy (non-hydrogen) atoms. The van der Waals surface area contributed by atoms with E-state index in [-0.39, 0.29) is 18.6 Å². The molecule has 5 heteroatoms. The van der Waals surface area contributed by atoms with Crippen molar-refractivity contribution in [1.82, 2.24) is 10.2 Å².